The van der Waals surface area contributed by atoms with Crippen molar-refractivity contribution in [2.24, 2.45) is 5.73 Å². The first-order valence-electron chi connectivity index (χ1n) is 6.07. The van der Waals surface area contributed by atoms with Gasteiger partial charge < -0.3 is 10.5 Å². The Balaban J connectivity index is 2.20. The molecule has 5 heteroatoms. The number of rotatable bonds is 4. The van der Waals surface area contributed by atoms with Crippen LogP contribution in [0.15, 0.2) is 34.8 Å². The molecule has 0 spiro atoms. The highest BCUT2D eigenvalue weighted by Crippen LogP contribution is 2.28. The van der Waals surface area contributed by atoms with Crippen molar-refractivity contribution in [3.63, 3.8) is 0 Å². The third-order valence-corrected chi connectivity index (χ3v) is 3.36. The summed E-state index contributed by atoms with van der Waals surface area (Å²) in [5.74, 6) is -1.06. The summed E-state index contributed by atoms with van der Waals surface area (Å²) in [4.78, 5) is 0. The van der Waals surface area contributed by atoms with Gasteiger partial charge in [-0.25, -0.2) is 8.78 Å². The average Bonchev–Trinajstić information content (AvgIpc) is 2.40. The predicted octanol–water partition coefficient (Wildman–Crippen LogP) is 4.07. The summed E-state index contributed by atoms with van der Waals surface area (Å²) in [5, 5.41) is 0. The molecular formula is C15H14BrF2NO. The Bertz CT molecular complexity index is 632. The lowest BCUT2D eigenvalue weighted by molar-refractivity contribution is 0.299. The summed E-state index contributed by atoms with van der Waals surface area (Å²) in [7, 11) is 0. The van der Waals surface area contributed by atoms with Crippen LogP contribution < -0.4 is 10.5 Å². The van der Waals surface area contributed by atoms with E-state index in [0.717, 1.165) is 27.7 Å². The van der Waals surface area contributed by atoms with Crippen molar-refractivity contribution >= 4 is 15.9 Å². The minimum atomic E-state index is -0.877. The van der Waals surface area contributed by atoms with E-state index in [1.807, 2.05) is 19.1 Å². The van der Waals surface area contributed by atoms with Crippen molar-refractivity contribution in [3.05, 3.63) is 63.1 Å². The standard InChI is InChI=1S/C15H14BrF2NO/c1-9-4-12(16)6-11(7-19)15(9)20-8-10-2-3-13(17)14(18)5-10/h2-6H,7-8,19H2,1H3. The number of hydrogen-bond donors (Lipinski definition) is 1. The molecule has 0 saturated carbocycles. The highest BCUT2D eigenvalue weighted by atomic mass is 79.9. The summed E-state index contributed by atoms with van der Waals surface area (Å²) < 4.78 is 32.6. The molecule has 0 fully saturated rings. The lowest BCUT2D eigenvalue weighted by atomic mass is 10.1. The van der Waals surface area contributed by atoms with E-state index in [9.17, 15) is 8.78 Å². The van der Waals surface area contributed by atoms with Crippen molar-refractivity contribution in [3.8, 4) is 5.75 Å². The van der Waals surface area contributed by atoms with Gasteiger partial charge in [0.15, 0.2) is 11.6 Å². The van der Waals surface area contributed by atoms with Gasteiger partial charge in [-0.05, 0) is 42.3 Å². The van der Waals surface area contributed by atoms with Crippen LogP contribution in [0.5, 0.6) is 5.75 Å². The second kappa shape index (κ2) is 6.33. The molecule has 2 nitrogen and oxygen atoms in total. The monoisotopic (exact) mass is 341 g/mol. The molecule has 0 aliphatic rings. The second-order valence-corrected chi connectivity index (χ2v) is 5.37. The number of hydrogen-bond acceptors (Lipinski definition) is 2. The van der Waals surface area contributed by atoms with Crippen molar-refractivity contribution < 1.29 is 13.5 Å². The first-order chi connectivity index (χ1) is 9.51. The Morgan fingerprint density at radius 3 is 2.55 bits per heavy atom. The maximum absolute atomic E-state index is 13.1. The van der Waals surface area contributed by atoms with E-state index >= 15 is 0 Å². The van der Waals surface area contributed by atoms with Gasteiger partial charge in [-0.1, -0.05) is 22.0 Å². The SMILES string of the molecule is Cc1cc(Br)cc(CN)c1OCc1ccc(F)c(F)c1. The zero-order chi connectivity index (χ0) is 14.7. The maximum atomic E-state index is 13.1. The third kappa shape index (κ3) is 3.35. The molecule has 0 aliphatic heterocycles. The molecule has 0 heterocycles. The lowest BCUT2D eigenvalue weighted by Gasteiger charge is -2.14. The summed E-state index contributed by atoms with van der Waals surface area (Å²) in [6, 6.07) is 7.51. The smallest absolute Gasteiger partial charge is 0.159 e. The summed E-state index contributed by atoms with van der Waals surface area (Å²) >= 11 is 3.40. The van der Waals surface area contributed by atoms with E-state index in [-0.39, 0.29) is 6.61 Å². The number of ether oxygens (including phenoxy) is 1. The Morgan fingerprint density at radius 1 is 1.15 bits per heavy atom. The predicted molar refractivity (Wildman–Crippen MR) is 77.5 cm³/mol. The van der Waals surface area contributed by atoms with Gasteiger partial charge in [0.1, 0.15) is 12.4 Å². The van der Waals surface area contributed by atoms with Gasteiger partial charge >= 0.3 is 0 Å². The van der Waals surface area contributed by atoms with Gasteiger partial charge in [0.05, 0.1) is 0 Å². The Kier molecular flexibility index (Phi) is 4.73. The van der Waals surface area contributed by atoms with Crippen LogP contribution in [0, 0.1) is 18.6 Å². The highest BCUT2D eigenvalue weighted by molar-refractivity contribution is 9.10. The molecule has 2 rings (SSSR count). The van der Waals surface area contributed by atoms with Gasteiger partial charge in [0, 0.05) is 16.6 Å². The van der Waals surface area contributed by atoms with E-state index in [0.29, 0.717) is 17.9 Å². The molecule has 0 aliphatic carbocycles. The molecule has 2 N–H and O–H groups in total. The van der Waals surface area contributed by atoms with Crippen LogP contribution in [0.4, 0.5) is 8.78 Å². The van der Waals surface area contributed by atoms with Gasteiger partial charge in [0.2, 0.25) is 0 Å². The van der Waals surface area contributed by atoms with E-state index < -0.39 is 11.6 Å². The maximum Gasteiger partial charge on any atom is 0.159 e. The lowest BCUT2D eigenvalue weighted by Crippen LogP contribution is -2.05. The fourth-order valence-corrected chi connectivity index (χ4v) is 2.56. The molecule has 2 aromatic carbocycles. The van der Waals surface area contributed by atoms with E-state index in [2.05, 4.69) is 15.9 Å². The van der Waals surface area contributed by atoms with Crippen LogP contribution in [0.3, 0.4) is 0 Å². The molecule has 0 aromatic heterocycles. The molecule has 0 unspecified atom stereocenters. The quantitative estimate of drug-likeness (QED) is 0.909. The van der Waals surface area contributed by atoms with Gasteiger partial charge in [-0.2, -0.15) is 0 Å². The first-order valence-corrected chi connectivity index (χ1v) is 6.86. The number of benzene rings is 2. The normalized spacial score (nSPS) is 10.7. The molecule has 0 saturated heterocycles. The molecule has 106 valence electrons. The number of halogens is 3. The molecule has 0 atom stereocenters. The zero-order valence-electron chi connectivity index (χ0n) is 10.9. The zero-order valence-corrected chi connectivity index (χ0v) is 12.5. The fraction of sp³-hybridized carbons (Fsp3) is 0.200. The van der Waals surface area contributed by atoms with Crippen LogP contribution in [-0.2, 0) is 13.2 Å². The summed E-state index contributed by atoms with van der Waals surface area (Å²) in [6.45, 7) is 2.41. The summed E-state index contributed by atoms with van der Waals surface area (Å²) in [6.07, 6.45) is 0. The van der Waals surface area contributed by atoms with E-state index in [1.165, 1.54) is 6.07 Å². The van der Waals surface area contributed by atoms with Gasteiger partial charge in [-0.15, -0.1) is 0 Å². The average molecular weight is 342 g/mol. The molecule has 0 amide bonds. The van der Waals surface area contributed by atoms with Crippen molar-refractivity contribution in [2.75, 3.05) is 0 Å². The largest absolute Gasteiger partial charge is 0.488 e. The van der Waals surface area contributed by atoms with Crippen LogP contribution in [0.2, 0.25) is 0 Å². The number of nitrogens with two attached hydrogens (primary N) is 1. The van der Waals surface area contributed by atoms with E-state index in [4.69, 9.17) is 10.5 Å². The minimum absolute atomic E-state index is 0.159. The fourth-order valence-electron chi connectivity index (χ4n) is 1.94. The summed E-state index contributed by atoms with van der Waals surface area (Å²) in [5.41, 5.74) is 8.05. The van der Waals surface area contributed by atoms with Crippen LogP contribution in [0.25, 0.3) is 0 Å². The van der Waals surface area contributed by atoms with Crippen molar-refractivity contribution in [1.29, 1.82) is 0 Å². The van der Waals surface area contributed by atoms with Crippen LogP contribution >= 0.6 is 15.9 Å². The Morgan fingerprint density at radius 2 is 1.90 bits per heavy atom. The first kappa shape index (κ1) is 14.9. The number of aryl methyl sites for hydroxylation is 1. The second-order valence-electron chi connectivity index (χ2n) is 4.45. The van der Waals surface area contributed by atoms with Gasteiger partial charge in [0.25, 0.3) is 0 Å². The third-order valence-electron chi connectivity index (χ3n) is 2.90. The van der Waals surface area contributed by atoms with Crippen LogP contribution in [0.1, 0.15) is 16.7 Å². The Hall–Kier alpha value is -1.46. The van der Waals surface area contributed by atoms with Crippen molar-refractivity contribution in [2.45, 2.75) is 20.1 Å². The minimum Gasteiger partial charge on any atom is -0.488 e. The highest BCUT2D eigenvalue weighted by Gasteiger charge is 2.09. The molecule has 0 radical (unpaired) electrons. The van der Waals surface area contributed by atoms with Gasteiger partial charge in [-0.3, -0.25) is 0 Å². The van der Waals surface area contributed by atoms with Crippen LogP contribution in [-0.4, -0.2) is 0 Å². The van der Waals surface area contributed by atoms with Crippen molar-refractivity contribution in [1.82, 2.24) is 0 Å². The Labute approximate surface area is 124 Å². The topological polar surface area (TPSA) is 35.2 Å². The molecule has 2 aromatic rings. The molecule has 0 bridgehead atoms. The van der Waals surface area contributed by atoms with E-state index in [1.54, 1.807) is 0 Å². The molecule has 20 heavy (non-hydrogen) atoms. The molecular weight excluding hydrogens is 328 g/mol.